The zero-order valence-electron chi connectivity index (χ0n) is 20.7. The fourth-order valence-electron chi connectivity index (χ4n) is 4.62. The van der Waals surface area contributed by atoms with Crippen molar-refractivity contribution in [2.45, 2.75) is 0 Å². The molecule has 5 rings (SSSR count). The molecule has 6 heteroatoms. The zero-order chi connectivity index (χ0) is 26.4. The number of carbonyl (C=O) groups is 1. The molecule has 5 aromatic carbocycles. The van der Waals surface area contributed by atoms with Crippen LogP contribution in [-0.4, -0.2) is 12.1 Å². The van der Waals surface area contributed by atoms with E-state index in [2.05, 4.69) is 29.6 Å². The molecule has 1 N–H and O–H groups in total. The molecule has 0 unspecified atom stereocenters. The van der Waals surface area contributed by atoms with E-state index in [-0.39, 0.29) is 12.1 Å². The second-order valence-electron chi connectivity index (χ2n) is 8.91. The van der Waals surface area contributed by atoms with Crippen LogP contribution < -0.4 is 31.8 Å². The summed E-state index contributed by atoms with van der Waals surface area (Å²) in [7, 11) is -3.22. The Kier molecular flexibility index (Phi) is 7.86. The minimum atomic E-state index is -3.22. The molecule has 0 atom stereocenters. The Hall–Kier alpha value is -3.55. The first kappa shape index (κ1) is 26.1. The second kappa shape index (κ2) is 11.5. The van der Waals surface area contributed by atoms with Crippen LogP contribution in [0.2, 0.25) is 0 Å². The normalized spacial score (nSPS) is 11.6. The highest BCUT2D eigenvalue weighted by Gasteiger charge is 2.32. The first-order chi connectivity index (χ1) is 18.5. The first-order valence-electron chi connectivity index (χ1n) is 12.3. The van der Waals surface area contributed by atoms with Gasteiger partial charge >= 0.3 is 0 Å². The Labute approximate surface area is 229 Å². The van der Waals surface area contributed by atoms with Crippen LogP contribution in [0, 0.1) is 0 Å². The van der Waals surface area contributed by atoms with Gasteiger partial charge in [-0.2, -0.15) is 0 Å². The van der Waals surface area contributed by atoms with Gasteiger partial charge in [-0.1, -0.05) is 151 Å². The topological polar surface area (TPSA) is 46.2 Å². The van der Waals surface area contributed by atoms with Gasteiger partial charge in [-0.25, -0.2) is 0 Å². The molecule has 0 aliphatic heterocycles. The quantitative estimate of drug-likeness (QED) is 0.263. The fourth-order valence-corrected chi connectivity index (χ4v) is 11.1. The van der Waals surface area contributed by atoms with E-state index in [0.717, 1.165) is 15.9 Å². The summed E-state index contributed by atoms with van der Waals surface area (Å²) in [6, 6.07) is 44.0. The number of rotatable bonds is 8. The molecule has 0 radical (unpaired) electrons. The zero-order valence-corrected chi connectivity index (χ0v) is 23.3. The third-order valence-electron chi connectivity index (χ3n) is 6.47. The molecule has 5 aromatic rings. The van der Waals surface area contributed by atoms with Crippen molar-refractivity contribution in [1.29, 1.82) is 0 Å². The number of hydrogen-bond acceptors (Lipinski definition) is 3. The van der Waals surface area contributed by atoms with E-state index in [1.54, 1.807) is 0 Å². The maximum absolute atomic E-state index is 14.5. The fraction of sp³-hybridized carbons (Fsp3) is 0.0312. The van der Waals surface area contributed by atoms with Crippen molar-refractivity contribution >= 4 is 63.1 Å². The summed E-state index contributed by atoms with van der Waals surface area (Å²) in [5.74, 6) is -0.309. The van der Waals surface area contributed by atoms with Crippen molar-refractivity contribution in [3.63, 3.8) is 0 Å². The van der Waals surface area contributed by atoms with Crippen molar-refractivity contribution in [3.05, 3.63) is 146 Å². The maximum atomic E-state index is 14.5. The summed E-state index contributed by atoms with van der Waals surface area (Å²) in [6.07, 6.45) is -0.144. The lowest BCUT2D eigenvalue weighted by Crippen LogP contribution is -2.30. The van der Waals surface area contributed by atoms with Crippen LogP contribution in [0.3, 0.4) is 0 Å². The predicted molar refractivity (Wildman–Crippen MR) is 166 cm³/mol. The maximum Gasteiger partial charge on any atom is 0.232 e. The number of para-hydroxylation sites is 1. The van der Waals surface area contributed by atoms with Crippen molar-refractivity contribution < 1.29 is 9.36 Å². The number of benzene rings is 5. The molecule has 1 amide bonds. The third-order valence-corrected chi connectivity index (χ3v) is 14.4. The van der Waals surface area contributed by atoms with Gasteiger partial charge in [-0.05, 0) is 16.7 Å². The van der Waals surface area contributed by atoms with Crippen LogP contribution in [0.15, 0.2) is 146 Å². The molecular formula is C32H27NO2P2S. The third kappa shape index (κ3) is 5.22. The molecule has 0 spiro atoms. The molecule has 188 valence electrons. The average molecular weight is 552 g/mol. The monoisotopic (exact) mass is 551 g/mol. The summed E-state index contributed by atoms with van der Waals surface area (Å²) < 4.78 is 14.5. The number of nitrogens with one attached hydrogen (secondary N) is 1. The van der Waals surface area contributed by atoms with Gasteiger partial charge in [-0.3, -0.25) is 4.79 Å². The van der Waals surface area contributed by atoms with Gasteiger partial charge in [0.2, 0.25) is 5.91 Å². The Morgan fingerprint density at radius 1 is 0.553 bits per heavy atom. The summed E-state index contributed by atoms with van der Waals surface area (Å²) >= 11 is 6.51. The Morgan fingerprint density at radius 2 is 0.921 bits per heavy atom. The number of amides is 1. The van der Waals surface area contributed by atoms with Crippen LogP contribution in [0.25, 0.3) is 0 Å². The molecule has 38 heavy (non-hydrogen) atoms. The van der Waals surface area contributed by atoms with E-state index in [1.165, 1.54) is 0 Å². The molecule has 0 heterocycles. The molecule has 0 fully saturated rings. The van der Waals surface area contributed by atoms with Crippen molar-refractivity contribution in [2.24, 2.45) is 0 Å². The molecular weight excluding hydrogens is 524 g/mol. The average Bonchev–Trinajstić information content (AvgIpc) is 2.99. The van der Waals surface area contributed by atoms with Gasteiger partial charge in [0.1, 0.15) is 0 Å². The molecule has 0 aliphatic rings. The van der Waals surface area contributed by atoms with Crippen molar-refractivity contribution in [1.82, 2.24) is 0 Å². The van der Waals surface area contributed by atoms with Gasteiger partial charge in [0.15, 0.2) is 7.14 Å². The van der Waals surface area contributed by atoms with Gasteiger partial charge in [-0.15, -0.1) is 0 Å². The van der Waals surface area contributed by atoms with E-state index >= 15 is 0 Å². The minimum absolute atomic E-state index is 0.144. The summed E-state index contributed by atoms with van der Waals surface area (Å²) in [6.45, 7) is 0. The summed E-state index contributed by atoms with van der Waals surface area (Å²) in [5.41, 5.74) is 0.654. The Balaban J connectivity index is 1.55. The molecule has 0 saturated heterocycles. The molecule has 0 aromatic heterocycles. The van der Waals surface area contributed by atoms with Crippen LogP contribution in [0.4, 0.5) is 5.69 Å². The minimum Gasteiger partial charge on any atom is -0.325 e. The number of hydrogen-bond donors (Lipinski definition) is 1. The van der Waals surface area contributed by atoms with Crippen molar-refractivity contribution in [2.75, 3.05) is 11.5 Å². The molecule has 0 saturated carbocycles. The second-order valence-corrected chi connectivity index (χ2v) is 16.1. The summed E-state index contributed by atoms with van der Waals surface area (Å²) in [4.78, 5) is 13.6. The molecule has 3 nitrogen and oxygen atoms in total. The number of carbonyl (C=O) groups excluding carboxylic acids is 1. The highest BCUT2D eigenvalue weighted by atomic mass is 32.4. The lowest BCUT2D eigenvalue weighted by molar-refractivity contribution is -0.113. The predicted octanol–water partition coefficient (Wildman–Crippen LogP) is 5.40. The molecule has 0 bridgehead atoms. The van der Waals surface area contributed by atoms with Crippen LogP contribution in [0.1, 0.15) is 0 Å². The van der Waals surface area contributed by atoms with Gasteiger partial charge < -0.3 is 9.88 Å². The van der Waals surface area contributed by atoms with Gasteiger partial charge in [0, 0.05) is 27.6 Å². The summed E-state index contributed by atoms with van der Waals surface area (Å²) in [5, 5.41) is 7.41. The van der Waals surface area contributed by atoms with E-state index in [1.807, 2.05) is 121 Å². The van der Waals surface area contributed by atoms with Crippen molar-refractivity contribution in [3.8, 4) is 0 Å². The van der Waals surface area contributed by atoms with E-state index in [9.17, 15) is 9.36 Å². The lowest BCUT2D eigenvalue weighted by atomic mass is 10.3. The first-order valence-corrected chi connectivity index (χ1v) is 17.0. The van der Waals surface area contributed by atoms with Crippen LogP contribution >= 0.6 is 13.2 Å². The van der Waals surface area contributed by atoms with Crippen LogP contribution in [0.5, 0.6) is 0 Å². The van der Waals surface area contributed by atoms with Gasteiger partial charge in [0.25, 0.3) is 0 Å². The Morgan fingerprint density at radius 3 is 1.37 bits per heavy atom. The number of anilines is 1. The van der Waals surface area contributed by atoms with E-state index in [0.29, 0.717) is 16.3 Å². The van der Waals surface area contributed by atoms with E-state index < -0.39 is 13.2 Å². The largest absolute Gasteiger partial charge is 0.325 e. The van der Waals surface area contributed by atoms with Crippen LogP contribution in [-0.2, 0) is 21.2 Å². The van der Waals surface area contributed by atoms with E-state index in [4.69, 9.17) is 11.8 Å². The smallest absolute Gasteiger partial charge is 0.232 e. The SMILES string of the molecule is O=C(CP(=O)(c1ccccc1)c1ccccc1)Nc1ccccc1P(=S)(c1ccccc1)c1ccccc1. The van der Waals surface area contributed by atoms with Gasteiger partial charge in [0.05, 0.1) is 6.16 Å². The lowest BCUT2D eigenvalue weighted by Gasteiger charge is -2.27. The Bertz CT molecular complexity index is 1540. The standard InChI is InChI=1S/C32H27NO2P2S/c34-32(25-36(35,26-15-5-1-6-16-26)27-17-7-2-8-18-27)33-30-23-13-14-24-31(30)37(38,28-19-9-3-10-20-28)29-21-11-4-12-22-29/h1-24H,25H2,(H,33,34). The highest BCUT2D eigenvalue weighted by Crippen LogP contribution is 2.46. The molecule has 0 aliphatic carbocycles. The highest BCUT2D eigenvalue weighted by molar-refractivity contribution is 8.25.